The minimum absolute atomic E-state index is 0.0520. The lowest BCUT2D eigenvalue weighted by molar-refractivity contribution is -0.384. The van der Waals surface area contributed by atoms with Crippen LogP contribution in [0.5, 0.6) is 17.2 Å². The Bertz CT molecular complexity index is 825. The summed E-state index contributed by atoms with van der Waals surface area (Å²) < 4.78 is 16.7. The number of fused-ring (bicyclic) bond motifs is 1. The van der Waals surface area contributed by atoms with Gasteiger partial charge in [-0.3, -0.25) is 14.9 Å². The standard InChI is InChI=1S/C19H20N2O7/c22-14(11-26-15-7-5-13(6-8-15)21(24)25)9-19(23)20-10-16-12-27-17-3-1-2-4-18(17)28-16/h1-8,14,16,22H,9-12H2,(H,20,23). The topological polar surface area (TPSA) is 120 Å². The Hall–Kier alpha value is -3.33. The van der Waals surface area contributed by atoms with Crippen LogP contribution in [-0.4, -0.2) is 47.9 Å². The minimum atomic E-state index is -1.01. The Balaban J connectivity index is 1.37. The lowest BCUT2D eigenvalue weighted by Gasteiger charge is -2.26. The zero-order chi connectivity index (χ0) is 19.9. The lowest BCUT2D eigenvalue weighted by Crippen LogP contribution is -2.41. The number of nitro benzene ring substituents is 1. The van der Waals surface area contributed by atoms with Crippen molar-refractivity contribution in [3.8, 4) is 17.2 Å². The largest absolute Gasteiger partial charge is 0.491 e. The molecule has 1 amide bonds. The van der Waals surface area contributed by atoms with Crippen LogP contribution in [-0.2, 0) is 4.79 Å². The average molecular weight is 388 g/mol. The number of rotatable bonds is 8. The Morgan fingerprint density at radius 2 is 1.96 bits per heavy atom. The summed E-state index contributed by atoms with van der Waals surface area (Å²) in [7, 11) is 0. The molecule has 0 bridgehead atoms. The first-order chi connectivity index (χ1) is 13.5. The maximum absolute atomic E-state index is 12.0. The van der Waals surface area contributed by atoms with Gasteiger partial charge in [-0.05, 0) is 24.3 Å². The van der Waals surface area contributed by atoms with Gasteiger partial charge in [-0.2, -0.15) is 0 Å². The van der Waals surface area contributed by atoms with Crippen LogP contribution in [0.1, 0.15) is 6.42 Å². The lowest BCUT2D eigenvalue weighted by atomic mass is 10.2. The van der Waals surface area contributed by atoms with Crippen molar-refractivity contribution in [1.29, 1.82) is 0 Å². The number of para-hydroxylation sites is 2. The number of nitro groups is 1. The van der Waals surface area contributed by atoms with E-state index < -0.39 is 11.0 Å². The van der Waals surface area contributed by atoms with E-state index in [1.165, 1.54) is 24.3 Å². The fourth-order valence-electron chi connectivity index (χ4n) is 2.59. The van der Waals surface area contributed by atoms with E-state index in [0.29, 0.717) is 23.9 Å². The van der Waals surface area contributed by atoms with Crippen LogP contribution in [0.15, 0.2) is 48.5 Å². The Kier molecular flexibility index (Phi) is 6.28. The number of aliphatic hydroxyl groups excluding tert-OH is 1. The van der Waals surface area contributed by atoms with Gasteiger partial charge in [-0.15, -0.1) is 0 Å². The third-order valence-electron chi connectivity index (χ3n) is 4.01. The van der Waals surface area contributed by atoms with Gasteiger partial charge >= 0.3 is 0 Å². The first kappa shape index (κ1) is 19.4. The third-order valence-corrected chi connectivity index (χ3v) is 4.01. The molecule has 0 aromatic heterocycles. The van der Waals surface area contributed by atoms with Gasteiger partial charge in [0.1, 0.15) is 25.1 Å². The number of nitrogens with zero attached hydrogens (tertiary/aromatic N) is 1. The molecule has 28 heavy (non-hydrogen) atoms. The fourth-order valence-corrected chi connectivity index (χ4v) is 2.59. The van der Waals surface area contributed by atoms with Crippen molar-refractivity contribution < 1.29 is 29.0 Å². The molecule has 2 aromatic carbocycles. The Morgan fingerprint density at radius 3 is 2.68 bits per heavy atom. The number of nitrogens with one attached hydrogen (secondary N) is 1. The predicted molar refractivity (Wildman–Crippen MR) is 98.6 cm³/mol. The van der Waals surface area contributed by atoms with Gasteiger partial charge in [0, 0.05) is 12.1 Å². The molecule has 0 fully saturated rings. The summed E-state index contributed by atoms with van der Waals surface area (Å²) in [5.74, 6) is 1.33. The van der Waals surface area contributed by atoms with Crippen LogP contribution in [0.2, 0.25) is 0 Å². The van der Waals surface area contributed by atoms with Crippen LogP contribution in [0, 0.1) is 10.1 Å². The second-order valence-electron chi connectivity index (χ2n) is 6.22. The molecule has 0 saturated heterocycles. The van der Waals surface area contributed by atoms with Gasteiger partial charge in [0.15, 0.2) is 11.5 Å². The number of non-ortho nitro benzene ring substituents is 1. The summed E-state index contributed by atoms with van der Waals surface area (Å²) in [6.07, 6.45) is -1.47. The number of ether oxygens (including phenoxy) is 3. The highest BCUT2D eigenvalue weighted by Gasteiger charge is 2.21. The predicted octanol–water partition coefficient (Wildman–Crippen LogP) is 1.68. The number of aliphatic hydroxyl groups is 1. The monoisotopic (exact) mass is 388 g/mol. The molecule has 2 N–H and O–H groups in total. The number of carbonyl (C=O) groups excluding carboxylic acids is 1. The molecule has 2 aromatic rings. The smallest absolute Gasteiger partial charge is 0.269 e. The van der Waals surface area contributed by atoms with E-state index in [0.717, 1.165) is 0 Å². The first-order valence-corrected chi connectivity index (χ1v) is 8.72. The van der Waals surface area contributed by atoms with Crippen LogP contribution in [0.3, 0.4) is 0 Å². The normalized spacial score (nSPS) is 16.1. The minimum Gasteiger partial charge on any atom is -0.491 e. The summed E-state index contributed by atoms with van der Waals surface area (Å²) in [5.41, 5.74) is -0.0520. The zero-order valence-corrected chi connectivity index (χ0v) is 14.9. The van der Waals surface area contributed by atoms with Gasteiger partial charge in [0.25, 0.3) is 5.69 Å². The van der Waals surface area contributed by atoms with E-state index in [9.17, 15) is 20.0 Å². The van der Waals surface area contributed by atoms with E-state index in [4.69, 9.17) is 14.2 Å². The van der Waals surface area contributed by atoms with Crippen LogP contribution in [0.4, 0.5) is 5.69 Å². The summed E-state index contributed by atoms with van der Waals surface area (Å²) >= 11 is 0. The molecular weight excluding hydrogens is 368 g/mol. The van der Waals surface area contributed by atoms with Crippen molar-refractivity contribution >= 4 is 11.6 Å². The number of benzene rings is 2. The van der Waals surface area contributed by atoms with E-state index in [1.54, 1.807) is 6.07 Å². The van der Waals surface area contributed by atoms with Crippen LogP contribution in [0.25, 0.3) is 0 Å². The van der Waals surface area contributed by atoms with Crippen molar-refractivity contribution in [3.63, 3.8) is 0 Å². The molecule has 9 heteroatoms. The summed E-state index contributed by atoms with van der Waals surface area (Å²) in [6, 6.07) is 12.8. The molecule has 0 aliphatic carbocycles. The second kappa shape index (κ2) is 9.05. The second-order valence-corrected chi connectivity index (χ2v) is 6.22. The van der Waals surface area contributed by atoms with Crippen LogP contribution >= 0.6 is 0 Å². The molecular formula is C19H20N2O7. The molecule has 1 aliphatic rings. The van der Waals surface area contributed by atoms with E-state index in [2.05, 4.69) is 5.32 Å². The molecule has 9 nitrogen and oxygen atoms in total. The van der Waals surface area contributed by atoms with Crippen molar-refractivity contribution in [3.05, 3.63) is 58.6 Å². The third kappa shape index (κ3) is 5.34. The molecule has 1 heterocycles. The highest BCUT2D eigenvalue weighted by Crippen LogP contribution is 2.30. The Labute approximate surface area is 161 Å². The van der Waals surface area contributed by atoms with Gasteiger partial charge in [0.2, 0.25) is 5.91 Å². The van der Waals surface area contributed by atoms with Crippen LogP contribution < -0.4 is 19.5 Å². The van der Waals surface area contributed by atoms with Crippen molar-refractivity contribution in [1.82, 2.24) is 5.32 Å². The van der Waals surface area contributed by atoms with Crippen molar-refractivity contribution in [2.45, 2.75) is 18.6 Å². The van der Waals surface area contributed by atoms with Gasteiger partial charge in [0.05, 0.1) is 24.0 Å². The molecule has 0 spiro atoms. The summed E-state index contributed by atoms with van der Waals surface area (Å²) in [4.78, 5) is 22.1. The first-order valence-electron chi connectivity index (χ1n) is 8.72. The molecule has 3 rings (SSSR count). The quantitative estimate of drug-likeness (QED) is 0.521. The summed E-state index contributed by atoms with van der Waals surface area (Å²) in [6.45, 7) is 0.466. The Morgan fingerprint density at radius 1 is 1.25 bits per heavy atom. The van der Waals surface area contributed by atoms with E-state index in [1.807, 2.05) is 18.2 Å². The number of hydrogen-bond acceptors (Lipinski definition) is 7. The van der Waals surface area contributed by atoms with Gasteiger partial charge < -0.3 is 24.6 Å². The molecule has 148 valence electrons. The van der Waals surface area contributed by atoms with Crippen molar-refractivity contribution in [2.75, 3.05) is 19.8 Å². The molecule has 1 aliphatic heterocycles. The van der Waals surface area contributed by atoms with Gasteiger partial charge in [-0.25, -0.2) is 0 Å². The molecule has 2 unspecified atom stereocenters. The molecule has 0 radical (unpaired) electrons. The van der Waals surface area contributed by atoms with E-state index in [-0.39, 0.29) is 37.3 Å². The highest BCUT2D eigenvalue weighted by molar-refractivity contribution is 5.76. The number of hydrogen-bond donors (Lipinski definition) is 2. The maximum atomic E-state index is 12.0. The molecule has 0 saturated carbocycles. The maximum Gasteiger partial charge on any atom is 0.269 e. The fraction of sp³-hybridized carbons (Fsp3) is 0.316. The SMILES string of the molecule is O=C(CC(O)COc1ccc([N+](=O)[O-])cc1)NCC1COc2ccccc2O1. The van der Waals surface area contributed by atoms with Gasteiger partial charge in [-0.1, -0.05) is 12.1 Å². The highest BCUT2D eigenvalue weighted by atomic mass is 16.6. The number of amides is 1. The van der Waals surface area contributed by atoms with Crippen molar-refractivity contribution in [2.24, 2.45) is 0 Å². The van der Waals surface area contributed by atoms with E-state index >= 15 is 0 Å². The summed E-state index contributed by atoms with van der Waals surface area (Å²) in [5, 5.41) is 23.2. The average Bonchev–Trinajstić information content (AvgIpc) is 2.71. The number of carbonyl (C=O) groups is 1. The zero-order valence-electron chi connectivity index (χ0n) is 14.9. The molecule has 2 atom stereocenters.